The number of carbonyl (C=O) groups excluding carboxylic acids is 3. The van der Waals surface area contributed by atoms with Crippen molar-refractivity contribution < 1.29 is 24.2 Å². The van der Waals surface area contributed by atoms with Gasteiger partial charge in [-0.15, -0.1) is 0 Å². The van der Waals surface area contributed by atoms with Crippen LogP contribution in [0.3, 0.4) is 0 Å². The van der Waals surface area contributed by atoms with Gasteiger partial charge in [0.05, 0.1) is 12.5 Å². The van der Waals surface area contributed by atoms with Crippen LogP contribution >= 0.6 is 0 Å². The number of aliphatic hydroxyl groups is 1. The van der Waals surface area contributed by atoms with E-state index in [0.717, 1.165) is 11.1 Å². The number of hydrogen-bond donors (Lipinski definition) is 5. The average Bonchev–Trinajstić information content (AvgIpc) is 2.85. The molecule has 1 radical (unpaired) electrons. The Balaban J connectivity index is 1.99. The van der Waals surface area contributed by atoms with Gasteiger partial charge in [-0.2, -0.15) is 0 Å². The van der Waals surface area contributed by atoms with Gasteiger partial charge in [0.15, 0.2) is 0 Å². The SMILES string of the molecule is CC(C[CH]C(=O)NC(Cc1ccc(OCc2ccccc2)cc1)C(=O)NCC(O)CN)C(N)=O. The number of amides is 3. The first-order valence-electron chi connectivity index (χ1n) is 11.1. The second kappa shape index (κ2) is 14.0. The minimum Gasteiger partial charge on any atom is -0.489 e. The highest BCUT2D eigenvalue weighted by atomic mass is 16.5. The lowest BCUT2D eigenvalue weighted by Crippen LogP contribution is -2.50. The zero-order chi connectivity index (χ0) is 24.9. The summed E-state index contributed by atoms with van der Waals surface area (Å²) in [5, 5.41) is 14.9. The number of aliphatic hydroxyl groups excluding tert-OH is 1. The predicted molar refractivity (Wildman–Crippen MR) is 128 cm³/mol. The fraction of sp³-hybridized carbons (Fsp3) is 0.360. The summed E-state index contributed by atoms with van der Waals surface area (Å²) in [4.78, 5) is 36.2. The molecule has 7 N–H and O–H groups in total. The molecule has 0 aliphatic carbocycles. The first-order chi connectivity index (χ1) is 16.3. The van der Waals surface area contributed by atoms with E-state index in [1.807, 2.05) is 42.5 Å². The second-order valence-electron chi connectivity index (χ2n) is 8.06. The Bertz CT molecular complexity index is 921. The quantitative estimate of drug-likeness (QED) is 0.270. The number of benzene rings is 2. The molecule has 183 valence electrons. The first-order valence-corrected chi connectivity index (χ1v) is 11.1. The van der Waals surface area contributed by atoms with Crippen molar-refractivity contribution in [3.05, 3.63) is 72.1 Å². The number of nitrogens with two attached hydrogens (primary N) is 2. The Kier molecular flexibility index (Phi) is 11.0. The van der Waals surface area contributed by atoms with Crippen LogP contribution in [0.5, 0.6) is 5.75 Å². The van der Waals surface area contributed by atoms with Gasteiger partial charge in [-0.05, 0) is 29.7 Å². The number of hydrogen-bond acceptors (Lipinski definition) is 6. The molecular formula is C25H33N4O5. The van der Waals surface area contributed by atoms with Crippen molar-refractivity contribution in [2.75, 3.05) is 13.1 Å². The molecule has 0 spiro atoms. The molecule has 9 heteroatoms. The van der Waals surface area contributed by atoms with Crippen LogP contribution in [0.15, 0.2) is 54.6 Å². The van der Waals surface area contributed by atoms with E-state index in [-0.39, 0.29) is 25.9 Å². The molecule has 9 nitrogen and oxygen atoms in total. The van der Waals surface area contributed by atoms with Gasteiger partial charge in [-0.25, -0.2) is 0 Å². The molecule has 3 amide bonds. The highest BCUT2D eigenvalue weighted by molar-refractivity contribution is 5.91. The van der Waals surface area contributed by atoms with Gasteiger partial charge >= 0.3 is 0 Å². The fourth-order valence-corrected chi connectivity index (χ4v) is 2.96. The second-order valence-corrected chi connectivity index (χ2v) is 8.06. The Morgan fingerprint density at radius 3 is 2.35 bits per heavy atom. The topological polar surface area (TPSA) is 157 Å². The monoisotopic (exact) mass is 469 g/mol. The van der Waals surface area contributed by atoms with Crippen LogP contribution in [-0.2, 0) is 27.4 Å². The van der Waals surface area contributed by atoms with E-state index in [2.05, 4.69) is 10.6 Å². The first kappa shape index (κ1) is 26.8. The zero-order valence-corrected chi connectivity index (χ0v) is 19.3. The van der Waals surface area contributed by atoms with Gasteiger partial charge in [0.2, 0.25) is 17.7 Å². The molecule has 0 aromatic heterocycles. The van der Waals surface area contributed by atoms with E-state index in [1.54, 1.807) is 19.1 Å². The average molecular weight is 470 g/mol. The number of primary amides is 1. The maximum absolute atomic E-state index is 12.7. The number of rotatable bonds is 14. The highest BCUT2D eigenvalue weighted by Gasteiger charge is 2.22. The lowest BCUT2D eigenvalue weighted by atomic mass is 10.0. The van der Waals surface area contributed by atoms with E-state index in [4.69, 9.17) is 16.2 Å². The Hall–Kier alpha value is -3.43. The molecule has 2 rings (SSSR count). The highest BCUT2D eigenvalue weighted by Crippen LogP contribution is 2.16. The molecule has 2 aromatic rings. The normalized spacial score (nSPS) is 13.4. The molecular weight excluding hydrogens is 436 g/mol. The third-order valence-electron chi connectivity index (χ3n) is 5.17. The summed E-state index contributed by atoms with van der Waals surface area (Å²) in [6.45, 7) is 2.02. The van der Waals surface area contributed by atoms with Crippen LogP contribution in [0.4, 0.5) is 0 Å². The van der Waals surface area contributed by atoms with Crippen LogP contribution < -0.4 is 26.8 Å². The summed E-state index contributed by atoms with van der Waals surface area (Å²) < 4.78 is 5.78. The van der Waals surface area contributed by atoms with E-state index in [0.29, 0.717) is 12.4 Å². The van der Waals surface area contributed by atoms with Gasteiger partial charge < -0.3 is 31.9 Å². The molecule has 34 heavy (non-hydrogen) atoms. The van der Waals surface area contributed by atoms with Crippen molar-refractivity contribution >= 4 is 17.7 Å². The van der Waals surface area contributed by atoms with Crippen LogP contribution in [0.2, 0.25) is 0 Å². The standard InChI is InChI=1S/C25H33N4O5/c1-17(24(27)32)7-12-23(31)29-22(25(33)28-15-20(30)14-26)13-18-8-10-21(11-9-18)34-16-19-5-3-2-4-6-19/h2-6,8-12,17,20,22,30H,7,13-16,26H2,1H3,(H2,27,32)(H,28,33)(H,29,31). The largest absolute Gasteiger partial charge is 0.489 e. The number of nitrogens with one attached hydrogen (secondary N) is 2. The number of ether oxygens (including phenoxy) is 1. The van der Waals surface area contributed by atoms with Crippen LogP contribution in [0.25, 0.3) is 0 Å². The third kappa shape index (κ3) is 9.60. The van der Waals surface area contributed by atoms with Crippen molar-refractivity contribution in [1.82, 2.24) is 10.6 Å². The molecule has 0 saturated heterocycles. The van der Waals surface area contributed by atoms with Gasteiger partial charge in [-0.3, -0.25) is 14.4 Å². The van der Waals surface area contributed by atoms with Crippen molar-refractivity contribution in [3.63, 3.8) is 0 Å². The van der Waals surface area contributed by atoms with Gasteiger partial charge in [0.25, 0.3) is 0 Å². The van der Waals surface area contributed by atoms with Crippen molar-refractivity contribution in [2.45, 2.75) is 38.5 Å². The van der Waals surface area contributed by atoms with Crippen molar-refractivity contribution in [1.29, 1.82) is 0 Å². The van der Waals surface area contributed by atoms with Crippen molar-refractivity contribution in [2.24, 2.45) is 17.4 Å². The third-order valence-corrected chi connectivity index (χ3v) is 5.17. The predicted octanol–water partition coefficient (Wildman–Crippen LogP) is 0.444. The lowest BCUT2D eigenvalue weighted by molar-refractivity contribution is -0.128. The molecule has 2 aromatic carbocycles. The van der Waals surface area contributed by atoms with Crippen LogP contribution in [0.1, 0.15) is 24.5 Å². The molecule has 0 bridgehead atoms. The molecule has 0 aliphatic rings. The van der Waals surface area contributed by atoms with E-state index < -0.39 is 35.8 Å². The molecule has 0 heterocycles. The summed E-state index contributed by atoms with van der Waals surface area (Å²) in [6.07, 6.45) is 0.790. The van der Waals surface area contributed by atoms with Crippen LogP contribution in [0, 0.1) is 12.3 Å². The lowest BCUT2D eigenvalue weighted by Gasteiger charge is -2.20. The molecule has 0 fully saturated rings. The van der Waals surface area contributed by atoms with Gasteiger partial charge in [0.1, 0.15) is 18.4 Å². The summed E-state index contributed by atoms with van der Waals surface area (Å²) in [5.74, 6) is -1.28. The fourth-order valence-electron chi connectivity index (χ4n) is 2.96. The summed E-state index contributed by atoms with van der Waals surface area (Å²) in [7, 11) is 0. The van der Waals surface area contributed by atoms with Crippen molar-refractivity contribution in [3.8, 4) is 5.75 Å². The smallest absolute Gasteiger partial charge is 0.243 e. The van der Waals surface area contributed by atoms with E-state index in [9.17, 15) is 19.5 Å². The van der Waals surface area contributed by atoms with Crippen LogP contribution in [-0.4, -0.2) is 48.1 Å². The number of carbonyl (C=O) groups is 3. The van der Waals surface area contributed by atoms with Gasteiger partial charge in [-0.1, -0.05) is 49.4 Å². The van der Waals surface area contributed by atoms with E-state index >= 15 is 0 Å². The summed E-state index contributed by atoms with van der Waals surface area (Å²) in [6, 6.07) is 16.1. The maximum Gasteiger partial charge on any atom is 0.243 e. The minimum absolute atomic E-state index is 0.000529. The Morgan fingerprint density at radius 1 is 1.06 bits per heavy atom. The molecule has 3 atom stereocenters. The maximum atomic E-state index is 12.7. The van der Waals surface area contributed by atoms with E-state index in [1.165, 1.54) is 6.42 Å². The summed E-state index contributed by atoms with van der Waals surface area (Å²) in [5.41, 5.74) is 12.5. The molecule has 3 unspecified atom stereocenters. The zero-order valence-electron chi connectivity index (χ0n) is 19.3. The Labute approximate surface area is 199 Å². The molecule has 0 saturated carbocycles. The minimum atomic E-state index is -0.895. The Morgan fingerprint density at radius 2 is 1.74 bits per heavy atom. The van der Waals surface area contributed by atoms with Gasteiger partial charge in [0, 0.05) is 25.4 Å². The summed E-state index contributed by atoms with van der Waals surface area (Å²) >= 11 is 0. The molecule has 0 aliphatic heterocycles.